The van der Waals surface area contributed by atoms with Crippen molar-refractivity contribution in [2.24, 2.45) is 5.10 Å². The lowest BCUT2D eigenvalue weighted by molar-refractivity contribution is -0.127. The fourth-order valence-corrected chi connectivity index (χ4v) is 4.19. The number of para-hydroxylation sites is 1. The number of halogens is 1. The van der Waals surface area contributed by atoms with Crippen LogP contribution in [0.1, 0.15) is 23.3 Å². The number of carbonyl (C=O) groups excluding carboxylic acids is 1. The predicted molar refractivity (Wildman–Crippen MR) is 110 cm³/mol. The number of amidine groups is 1. The van der Waals surface area contributed by atoms with Crippen LogP contribution in [0.25, 0.3) is 0 Å². The number of hydrogen-bond donors (Lipinski definition) is 2. The van der Waals surface area contributed by atoms with Crippen molar-refractivity contribution in [3.8, 4) is 0 Å². The normalized spacial score (nSPS) is 21.0. The van der Waals surface area contributed by atoms with Crippen LogP contribution in [-0.2, 0) is 4.79 Å². The first-order chi connectivity index (χ1) is 12.7. The van der Waals surface area contributed by atoms with Crippen LogP contribution in [0.5, 0.6) is 0 Å². The Morgan fingerprint density at radius 2 is 2.12 bits per heavy atom. The van der Waals surface area contributed by atoms with E-state index in [-0.39, 0.29) is 12.1 Å². The standard InChI is InChI=1S/C19H17BrN4OS/c1-2-10-26-19-22-18(25)16-14-8-3-4-9-15(14)21-17(24(16)23-19)12-6-5-7-13(20)11-12/h2-9,11,16-17,21H,1,10H2,(H,22,23,25). The van der Waals surface area contributed by atoms with Gasteiger partial charge in [-0.2, -0.15) is 0 Å². The SMILES string of the molecule is C=CCSC1=NN2C(c3cccc(Br)c3)Nc3ccccc3C2C(=O)N1. The van der Waals surface area contributed by atoms with Crippen LogP contribution in [0.2, 0.25) is 0 Å². The van der Waals surface area contributed by atoms with Gasteiger partial charge in [-0.3, -0.25) is 9.80 Å². The second kappa shape index (κ2) is 7.17. The number of thioether (sulfide) groups is 1. The zero-order chi connectivity index (χ0) is 18.1. The maximum absolute atomic E-state index is 12.9. The van der Waals surface area contributed by atoms with Gasteiger partial charge >= 0.3 is 0 Å². The fraction of sp³-hybridized carbons (Fsp3) is 0.158. The number of anilines is 1. The summed E-state index contributed by atoms with van der Waals surface area (Å²) in [7, 11) is 0. The maximum atomic E-state index is 12.9. The number of hydrazone groups is 1. The van der Waals surface area contributed by atoms with Gasteiger partial charge in [0.2, 0.25) is 0 Å². The van der Waals surface area contributed by atoms with Crippen molar-refractivity contribution >= 4 is 44.5 Å². The average Bonchev–Trinajstić information content (AvgIpc) is 2.65. The van der Waals surface area contributed by atoms with Gasteiger partial charge in [0.15, 0.2) is 11.2 Å². The number of carbonyl (C=O) groups is 1. The Bertz CT molecular complexity index is 901. The molecule has 2 aromatic rings. The topological polar surface area (TPSA) is 56.7 Å². The molecule has 0 radical (unpaired) electrons. The van der Waals surface area contributed by atoms with Gasteiger partial charge in [-0.1, -0.05) is 64.1 Å². The summed E-state index contributed by atoms with van der Waals surface area (Å²) in [4.78, 5) is 12.9. The van der Waals surface area contributed by atoms with Crippen LogP contribution in [0.3, 0.4) is 0 Å². The largest absolute Gasteiger partial charge is 0.360 e. The van der Waals surface area contributed by atoms with Crippen molar-refractivity contribution in [2.75, 3.05) is 11.1 Å². The quantitative estimate of drug-likeness (QED) is 0.717. The van der Waals surface area contributed by atoms with Crippen LogP contribution >= 0.6 is 27.7 Å². The summed E-state index contributed by atoms with van der Waals surface area (Å²) in [5.41, 5.74) is 2.91. The highest BCUT2D eigenvalue weighted by Gasteiger charge is 2.41. The molecular formula is C19H17BrN4OS. The number of benzene rings is 2. The van der Waals surface area contributed by atoms with E-state index >= 15 is 0 Å². The molecule has 7 heteroatoms. The summed E-state index contributed by atoms with van der Waals surface area (Å²) in [6.07, 6.45) is 1.55. The molecule has 0 spiro atoms. The molecule has 2 N–H and O–H groups in total. The van der Waals surface area contributed by atoms with Crippen LogP contribution in [-0.4, -0.2) is 21.8 Å². The summed E-state index contributed by atoms with van der Waals surface area (Å²) in [6.45, 7) is 3.73. The molecular weight excluding hydrogens is 412 g/mol. The molecule has 2 heterocycles. The molecule has 0 bridgehead atoms. The van der Waals surface area contributed by atoms with Gasteiger partial charge in [-0.25, -0.2) is 0 Å². The summed E-state index contributed by atoms with van der Waals surface area (Å²) in [6, 6.07) is 15.4. The summed E-state index contributed by atoms with van der Waals surface area (Å²) in [5, 5.41) is 13.6. The lowest BCUT2D eigenvalue weighted by Gasteiger charge is -2.43. The molecule has 4 rings (SSSR count). The molecule has 26 heavy (non-hydrogen) atoms. The Kier molecular flexibility index (Phi) is 4.74. The molecule has 132 valence electrons. The number of fused-ring (bicyclic) bond motifs is 3. The van der Waals surface area contributed by atoms with Gasteiger partial charge in [0.1, 0.15) is 6.17 Å². The molecule has 5 nitrogen and oxygen atoms in total. The molecule has 0 saturated heterocycles. The first kappa shape index (κ1) is 17.2. The molecule has 0 saturated carbocycles. The Morgan fingerprint density at radius 3 is 2.92 bits per heavy atom. The van der Waals surface area contributed by atoms with E-state index in [9.17, 15) is 4.79 Å². The van der Waals surface area contributed by atoms with E-state index in [0.717, 1.165) is 21.3 Å². The number of amides is 1. The van der Waals surface area contributed by atoms with E-state index in [4.69, 9.17) is 5.10 Å². The first-order valence-electron chi connectivity index (χ1n) is 8.20. The third kappa shape index (κ3) is 3.12. The van der Waals surface area contributed by atoms with Gasteiger partial charge in [0.25, 0.3) is 5.91 Å². The Morgan fingerprint density at radius 1 is 1.27 bits per heavy atom. The van der Waals surface area contributed by atoms with Gasteiger partial charge < -0.3 is 10.6 Å². The molecule has 0 aliphatic carbocycles. The van der Waals surface area contributed by atoms with Crippen LogP contribution in [0.15, 0.2) is 70.8 Å². The third-order valence-corrected chi connectivity index (χ3v) is 5.62. The Balaban J connectivity index is 1.81. The van der Waals surface area contributed by atoms with Crippen LogP contribution < -0.4 is 10.6 Å². The van der Waals surface area contributed by atoms with E-state index in [1.54, 1.807) is 6.08 Å². The second-order valence-corrected chi connectivity index (χ2v) is 7.89. The molecule has 1 amide bonds. The van der Waals surface area contributed by atoms with Gasteiger partial charge in [-0.05, 0) is 23.8 Å². The Labute approximate surface area is 164 Å². The fourth-order valence-electron chi connectivity index (χ4n) is 3.17. The third-order valence-electron chi connectivity index (χ3n) is 4.26. The average molecular weight is 429 g/mol. The van der Waals surface area contributed by atoms with Gasteiger partial charge in [0.05, 0.1) is 0 Å². The monoisotopic (exact) mass is 428 g/mol. The van der Waals surface area contributed by atoms with Crippen molar-refractivity contribution in [1.29, 1.82) is 0 Å². The van der Waals surface area contributed by atoms with E-state index in [1.165, 1.54) is 11.8 Å². The molecule has 2 aromatic carbocycles. The Hall–Kier alpha value is -2.25. The minimum absolute atomic E-state index is 0.0690. The van der Waals surface area contributed by atoms with Crippen molar-refractivity contribution in [2.45, 2.75) is 12.2 Å². The number of nitrogens with zero attached hydrogens (tertiary/aromatic N) is 2. The van der Waals surface area contributed by atoms with Crippen LogP contribution in [0.4, 0.5) is 5.69 Å². The highest BCUT2D eigenvalue weighted by molar-refractivity contribution is 9.10. The minimum atomic E-state index is -0.468. The summed E-state index contributed by atoms with van der Waals surface area (Å²) in [5.74, 6) is 0.615. The highest BCUT2D eigenvalue weighted by Crippen LogP contribution is 2.42. The van der Waals surface area contributed by atoms with E-state index in [1.807, 2.05) is 53.5 Å². The summed E-state index contributed by atoms with van der Waals surface area (Å²) >= 11 is 4.99. The molecule has 2 aliphatic heterocycles. The lowest BCUT2D eigenvalue weighted by atomic mass is 9.97. The summed E-state index contributed by atoms with van der Waals surface area (Å²) < 4.78 is 0.985. The van der Waals surface area contributed by atoms with E-state index in [0.29, 0.717) is 10.9 Å². The maximum Gasteiger partial charge on any atom is 0.255 e. The number of rotatable bonds is 3. The zero-order valence-corrected chi connectivity index (χ0v) is 16.3. The highest BCUT2D eigenvalue weighted by atomic mass is 79.9. The van der Waals surface area contributed by atoms with Crippen molar-refractivity contribution < 1.29 is 4.79 Å². The molecule has 0 aromatic heterocycles. The smallest absolute Gasteiger partial charge is 0.255 e. The second-order valence-electron chi connectivity index (χ2n) is 5.97. The molecule has 2 atom stereocenters. The lowest BCUT2D eigenvalue weighted by Crippen LogP contribution is -2.50. The number of hydrogen-bond acceptors (Lipinski definition) is 5. The molecule has 2 unspecified atom stereocenters. The van der Waals surface area contributed by atoms with Crippen LogP contribution in [0, 0.1) is 0 Å². The van der Waals surface area contributed by atoms with E-state index in [2.05, 4.69) is 33.1 Å². The number of nitrogens with one attached hydrogen (secondary N) is 2. The minimum Gasteiger partial charge on any atom is -0.360 e. The van der Waals surface area contributed by atoms with Crippen molar-refractivity contribution in [3.05, 3.63) is 76.8 Å². The van der Waals surface area contributed by atoms with Gasteiger partial charge in [0, 0.05) is 21.5 Å². The van der Waals surface area contributed by atoms with Crippen molar-refractivity contribution in [1.82, 2.24) is 10.3 Å². The van der Waals surface area contributed by atoms with Gasteiger partial charge in [-0.15, -0.1) is 11.7 Å². The molecule has 2 aliphatic rings. The first-order valence-corrected chi connectivity index (χ1v) is 9.97. The predicted octanol–water partition coefficient (Wildman–Crippen LogP) is 4.24. The molecule has 0 fully saturated rings. The van der Waals surface area contributed by atoms with E-state index < -0.39 is 6.04 Å². The van der Waals surface area contributed by atoms with Crippen molar-refractivity contribution in [3.63, 3.8) is 0 Å². The zero-order valence-electron chi connectivity index (χ0n) is 13.9.